The first-order valence-electron chi connectivity index (χ1n) is 5.79. The van der Waals surface area contributed by atoms with Gasteiger partial charge in [-0.05, 0) is 18.3 Å². The molecular weight excluding hydrogens is 294 g/mol. The van der Waals surface area contributed by atoms with Gasteiger partial charge in [-0.15, -0.1) is 10.2 Å². The summed E-state index contributed by atoms with van der Waals surface area (Å²) in [6.07, 6.45) is 1.77. The monoisotopic (exact) mass is 301 g/mol. The normalized spacial score (nSPS) is 11.4. The second-order valence-corrected chi connectivity index (χ2v) is 5.87. The number of benzene rings is 1. The number of para-hydroxylation sites is 1. The smallest absolute Gasteiger partial charge is 0.300 e. The van der Waals surface area contributed by atoms with Gasteiger partial charge >= 0.3 is 0 Å². The molecule has 0 aliphatic rings. The highest BCUT2D eigenvalue weighted by molar-refractivity contribution is 7.73. The molecule has 3 heterocycles. The van der Waals surface area contributed by atoms with Crippen LogP contribution in [-0.4, -0.2) is 24.8 Å². The van der Waals surface area contributed by atoms with Crippen LogP contribution in [0.25, 0.3) is 27.1 Å². The predicted molar refractivity (Wildman–Crippen MR) is 79.6 cm³/mol. The van der Waals surface area contributed by atoms with Gasteiger partial charge in [0.15, 0.2) is 9.65 Å². The Labute approximate surface area is 120 Å². The molecule has 4 rings (SSSR count). The molecule has 0 bridgehead atoms. The molecule has 98 valence electrons. The van der Waals surface area contributed by atoms with Crippen molar-refractivity contribution in [1.29, 1.82) is 0 Å². The van der Waals surface area contributed by atoms with Crippen LogP contribution in [0.3, 0.4) is 0 Å². The molecule has 0 saturated heterocycles. The highest BCUT2D eigenvalue weighted by atomic mass is 32.1. The lowest BCUT2D eigenvalue weighted by Crippen LogP contribution is -2.18. The molecular formula is C12H7N5OS2. The van der Waals surface area contributed by atoms with E-state index in [1.807, 2.05) is 24.3 Å². The highest BCUT2D eigenvalue weighted by Crippen LogP contribution is 2.24. The molecule has 0 saturated carbocycles. The van der Waals surface area contributed by atoms with Gasteiger partial charge in [0, 0.05) is 22.7 Å². The third-order valence-corrected chi connectivity index (χ3v) is 4.13. The van der Waals surface area contributed by atoms with Crippen molar-refractivity contribution in [2.24, 2.45) is 0 Å². The standard InChI is InChI=1S/C12H7N5OS2/c18-10-9(14-15-11-17(10)16-12(19)20-11)7-5-13-8-4-2-1-3-6(7)8/h1-5,13H,(H,16,19). The maximum Gasteiger partial charge on any atom is 0.300 e. The molecule has 6 nitrogen and oxygen atoms in total. The van der Waals surface area contributed by atoms with Crippen molar-refractivity contribution in [3.05, 3.63) is 44.8 Å². The summed E-state index contributed by atoms with van der Waals surface area (Å²) in [4.78, 5) is 16.0. The summed E-state index contributed by atoms with van der Waals surface area (Å²) >= 11 is 6.24. The van der Waals surface area contributed by atoms with Crippen molar-refractivity contribution in [2.75, 3.05) is 0 Å². The number of hydrogen-bond acceptors (Lipinski definition) is 5. The van der Waals surface area contributed by atoms with Gasteiger partial charge in [0.1, 0.15) is 0 Å². The van der Waals surface area contributed by atoms with Gasteiger partial charge < -0.3 is 4.98 Å². The summed E-state index contributed by atoms with van der Waals surface area (Å²) in [6.45, 7) is 0. The Balaban J connectivity index is 2.10. The topological polar surface area (TPSA) is 78.8 Å². The summed E-state index contributed by atoms with van der Waals surface area (Å²) < 4.78 is 1.82. The van der Waals surface area contributed by atoms with E-state index in [1.165, 1.54) is 15.9 Å². The largest absolute Gasteiger partial charge is 0.360 e. The zero-order chi connectivity index (χ0) is 13.7. The molecule has 8 heteroatoms. The average Bonchev–Trinajstić information content (AvgIpc) is 3.03. The molecule has 0 atom stereocenters. The van der Waals surface area contributed by atoms with Crippen LogP contribution in [0.4, 0.5) is 0 Å². The summed E-state index contributed by atoms with van der Waals surface area (Å²) in [5.41, 5.74) is 1.72. The van der Waals surface area contributed by atoms with Crippen LogP contribution in [0.1, 0.15) is 0 Å². The molecule has 20 heavy (non-hydrogen) atoms. The third kappa shape index (κ3) is 1.55. The van der Waals surface area contributed by atoms with Crippen LogP contribution in [-0.2, 0) is 0 Å². The Bertz CT molecular complexity index is 1050. The Morgan fingerprint density at radius 1 is 1.25 bits per heavy atom. The van der Waals surface area contributed by atoms with Crippen LogP contribution >= 0.6 is 23.6 Å². The first-order chi connectivity index (χ1) is 9.74. The molecule has 0 aliphatic heterocycles. The number of aromatic amines is 2. The van der Waals surface area contributed by atoms with Crippen LogP contribution in [0.2, 0.25) is 0 Å². The van der Waals surface area contributed by atoms with E-state index >= 15 is 0 Å². The second-order valence-electron chi connectivity index (χ2n) is 4.22. The van der Waals surface area contributed by atoms with Crippen molar-refractivity contribution in [3.63, 3.8) is 0 Å². The Hall–Kier alpha value is -2.32. The number of nitrogens with zero attached hydrogens (tertiary/aromatic N) is 3. The SMILES string of the molecule is O=c1c(-c2c[nH]c3ccccc23)nnc2sc(=S)[nH]n12. The molecule has 0 amide bonds. The first kappa shape index (κ1) is 11.5. The van der Waals surface area contributed by atoms with E-state index in [4.69, 9.17) is 12.2 Å². The number of rotatable bonds is 1. The molecule has 0 spiro atoms. The van der Waals surface area contributed by atoms with E-state index in [1.54, 1.807) is 6.20 Å². The highest BCUT2D eigenvalue weighted by Gasteiger charge is 2.14. The second kappa shape index (κ2) is 4.09. The van der Waals surface area contributed by atoms with E-state index in [0.717, 1.165) is 16.5 Å². The Kier molecular flexibility index (Phi) is 2.35. The molecule has 4 aromatic rings. The van der Waals surface area contributed by atoms with Crippen LogP contribution in [0.5, 0.6) is 0 Å². The van der Waals surface area contributed by atoms with Gasteiger partial charge in [-0.2, -0.15) is 4.52 Å². The molecule has 0 radical (unpaired) electrons. The Morgan fingerprint density at radius 2 is 2.10 bits per heavy atom. The van der Waals surface area contributed by atoms with E-state index in [0.29, 0.717) is 14.6 Å². The molecule has 2 N–H and O–H groups in total. The minimum atomic E-state index is -0.257. The van der Waals surface area contributed by atoms with Gasteiger partial charge in [0.25, 0.3) is 5.56 Å². The van der Waals surface area contributed by atoms with Gasteiger partial charge in [-0.1, -0.05) is 29.5 Å². The predicted octanol–water partition coefficient (Wildman–Crippen LogP) is 2.36. The fraction of sp³-hybridized carbons (Fsp3) is 0. The zero-order valence-electron chi connectivity index (χ0n) is 9.95. The maximum atomic E-state index is 12.5. The average molecular weight is 301 g/mol. The lowest BCUT2D eigenvalue weighted by molar-refractivity contribution is 0.855. The number of nitrogens with one attached hydrogen (secondary N) is 2. The van der Waals surface area contributed by atoms with E-state index < -0.39 is 0 Å². The van der Waals surface area contributed by atoms with Crippen LogP contribution in [0, 0.1) is 3.95 Å². The number of H-pyrrole nitrogens is 2. The summed E-state index contributed by atoms with van der Waals surface area (Å²) in [6, 6.07) is 7.73. The lowest BCUT2D eigenvalue weighted by Gasteiger charge is -1.97. The van der Waals surface area contributed by atoms with Crippen LogP contribution in [0.15, 0.2) is 35.3 Å². The number of hydrogen-bond donors (Lipinski definition) is 2. The van der Waals surface area contributed by atoms with Crippen molar-refractivity contribution in [3.8, 4) is 11.3 Å². The quantitative estimate of drug-likeness (QED) is 0.529. The number of fused-ring (bicyclic) bond motifs is 2. The minimum Gasteiger partial charge on any atom is -0.360 e. The van der Waals surface area contributed by atoms with Crippen molar-refractivity contribution in [2.45, 2.75) is 0 Å². The molecule has 0 aliphatic carbocycles. The van der Waals surface area contributed by atoms with E-state index in [9.17, 15) is 4.79 Å². The summed E-state index contributed by atoms with van der Waals surface area (Å²) in [5.74, 6) is 0. The minimum absolute atomic E-state index is 0.257. The fourth-order valence-electron chi connectivity index (χ4n) is 2.17. The fourth-order valence-corrected chi connectivity index (χ4v) is 3.09. The van der Waals surface area contributed by atoms with Crippen molar-refractivity contribution < 1.29 is 0 Å². The van der Waals surface area contributed by atoms with Gasteiger partial charge in [0.05, 0.1) is 0 Å². The van der Waals surface area contributed by atoms with Crippen molar-refractivity contribution >= 4 is 39.4 Å². The van der Waals surface area contributed by atoms with Crippen LogP contribution < -0.4 is 5.56 Å². The molecule has 3 aromatic heterocycles. The maximum absolute atomic E-state index is 12.5. The van der Waals surface area contributed by atoms with E-state index in [-0.39, 0.29) is 5.56 Å². The van der Waals surface area contributed by atoms with E-state index in [2.05, 4.69) is 20.3 Å². The first-order valence-corrected chi connectivity index (χ1v) is 7.01. The zero-order valence-corrected chi connectivity index (χ0v) is 11.6. The van der Waals surface area contributed by atoms with Gasteiger partial charge in [-0.25, -0.2) is 0 Å². The van der Waals surface area contributed by atoms with Gasteiger partial charge in [-0.3, -0.25) is 9.89 Å². The molecule has 0 unspecified atom stereocenters. The summed E-state index contributed by atoms with van der Waals surface area (Å²) in [5, 5.41) is 11.8. The van der Waals surface area contributed by atoms with Crippen molar-refractivity contribution in [1.82, 2.24) is 24.8 Å². The molecule has 0 fully saturated rings. The third-order valence-electron chi connectivity index (χ3n) is 3.06. The Morgan fingerprint density at radius 3 is 3.00 bits per heavy atom. The summed E-state index contributed by atoms with van der Waals surface area (Å²) in [7, 11) is 0. The van der Waals surface area contributed by atoms with Gasteiger partial charge in [0.2, 0.25) is 4.96 Å². The number of aromatic nitrogens is 5. The lowest BCUT2D eigenvalue weighted by atomic mass is 10.1. The molecule has 1 aromatic carbocycles.